The maximum atomic E-state index is 13.3. The molecule has 1 aromatic carbocycles. The molecule has 1 aromatic rings. The van der Waals surface area contributed by atoms with Crippen LogP contribution in [0.15, 0.2) is 18.2 Å². The standard InChI is InChI=1S/C14H17F4NO2/c1-4-8(2)19-12(13(20)21-3)9-5-6-11(15)10(7-9)14(16,17)18/h5-8,12,19H,4H2,1-3H3. The molecule has 7 heteroatoms. The molecule has 0 radical (unpaired) electrons. The number of rotatable bonds is 5. The van der Waals surface area contributed by atoms with E-state index in [4.69, 9.17) is 0 Å². The van der Waals surface area contributed by atoms with Gasteiger partial charge in [0.05, 0.1) is 12.7 Å². The van der Waals surface area contributed by atoms with Gasteiger partial charge in [0.15, 0.2) is 0 Å². The molecule has 3 nitrogen and oxygen atoms in total. The van der Waals surface area contributed by atoms with Crippen molar-refractivity contribution in [3.05, 3.63) is 35.1 Å². The summed E-state index contributed by atoms with van der Waals surface area (Å²) in [5.41, 5.74) is -1.39. The number of alkyl halides is 3. The van der Waals surface area contributed by atoms with Crippen molar-refractivity contribution in [1.82, 2.24) is 5.32 Å². The number of esters is 1. The van der Waals surface area contributed by atoms with Gasteiger partial charge >= 0.3 is 12.1 Å². The molecular formula is C14H17F4NO2. The van der Waals surface area contributed by atoms with E-state index in [1.807, 2.05) is 6.92 Å². The highest BCUT2D eigenvalue weighted by atomic mass is 19.4. The molecule has 0 aliphatic heterocycles. The van der Waals surface area contributed by atoms with Gasteiger partial charge in [-0.2, -0.15) is 13.2 Å². The second kappa shape index (κ2) is 6.89. The molecule has 0 heterocycles. The van der Waals surface area contributed by atoms with Gasteiger partial charge in [-0.15, -0.1) is 0 Å². The average Bonchev–Trinajstić information content (AvgIpc) is 2.43. The van der Waals surface area contributed by atoms with Crippen LogP contribution < -0.4 is 5.32 Å². The lowest BCUT2D eigenvalue weighted by molar-refractivity contribution is -0.144. The Labute approximate surface area is 120 Å². The molecule has 0 aromatic heterocycles. The van der Waals surface area contributed by atoms with E-state index >= 15 is 0 Å². The van der Waals surface area contributed by atoms with Gasteiger partial charge in [0.25, 0.3) is 0 Å². The summed E-state index contributed by atoms with van der Waals surface area (Å²) < 4.78 is 56.1. The first kappa shape index (κ1) is 17.4. The van der Waals surface area contributed by atoms with Crippen molar-refractivity contribution in [1.29, 1.82) is 0 Å². The molecule has 0 spiro atoms. The fourth-order valence-corrected chi connectivity index (χ4v) is 1.76. The van der Waals surface area contributed by atoms with Gasteiger partial charge in [-0.3, -0.25) is 5.32 Å². The number of benzene rings is 1. The number of methoxy groups -OCH3 is 1. The maximum Gasteiger partial charge on any atom is 0.419 e. The van der Waals surface area contributed by atoms with Gasteiger partial charge in [0.1, 0.15) is 11.9 Å². The van der Waals surface area contributed by atoms with Crippen LogP contribution in [0.4, 0.5) is 17.6 Å². The van der Waals surface area contributed by atoms with E-state index in [1.165, 1.54) is 0 Å². The predicted molar refractivity (Wildman–Crippen MR) is 69.0 cm³/mol. The first-order chi connectivity index (χ1) is 9.70. The van der Waals surface area contributed by atoms with E-state index in [1.54, 1.807) is 6.92 Å². The third-order valence-electron chi connectivity index (χ3n) is 3.13. The number of ether oxygens (including phenoxy) is 1. The normalized spacial score (nSPS) is 14.6. The van der Waals surface area contributed by atoms with E-state index in [0.29, 0.717) is 18.6 Å². The molecule has 0 bridgehead atoms. The van der Waals surface area contributed by atoms with E-state index in [0.717, 1.165) is 13.2 Å². The Hall–Kier alpha value is -1.63. The largest absolute Gasteiger partial charge is 0.468 e. The number of carbonyl (C=O) groups excluding carboxylic acids is 1. The molecule has 21 heavy (non-hydrogen) atoms. The number of nitrogens with one attached hydrogen (secondary N) is 1. The van der Waals surface area contributed by atoms with E-state index < -0.39 is 29.6 Å². The lowest BCUT2D eigenvalue weighted by Gasteiger charge is -2.22. The molecular weight excluding hydrogens is 290 g/mol. The fraction of sp³-hybridized carbons (Fsp3) is 0.500. The smallest absolute Gasteiger partial charge is 0.419 e. The Balaban J connectivity index is 3.22. The zero-order valence-electron chi connectivity index (χ0n) is 11.9. The topological polar surface area (TPSA) is 38.3 Å². The highest BCUT2D eigenvalue weighted by Crippen LogP contribution is 2.33. The van der Waals surface area contributed by atoms with Crippen LogP contribution in [-0.2, 0) is 15.7 Å². The summed E-state index contributed by atoms with van der Waals surface area (Å²) in [6.07, 6.45) is -4.15. The van der Waals surface area contributed by atoms with Gasteiger partial charge in [0, 0.05) is 6.04 Å². The Kier molecular flexibility index (Phi) is 5.71. The van der Waals surface area contributed by atoms with Crippen LogP contribution in [0, 0.1) is 5.82 Å². The van der Waals surface area contributed by atoms with Crippen molar-refractivity contribution >= 4 is 5.97 Å². The zero-order chi connectivity index (χ0) is 16.2. The van der Waals surface area contributed by atoms with E-state index in [9.17, 15) is 22.4 Å². The molecule has 0 aliphatic carbocycles. The lowest BCUT2D eigenvalue weighted by atomic mass is 10.0. The summed E-state index contributed by atoms with van der Waals surface area (Å²) in [7, 11) is 1.14. The van der Waals surface area contributed by atoms with Crippen LogP contribution in [0.2, 0.25) is 0 Å². The van der Waals surface area contributed by atoms with Crippen molar-refractivity contribution in [2.75, 3.05) is 7.11 Å². The Bertz CT molecular complexity index is 502. The van der Waals surface area contributed by atoms with E-state index in [-0.39, 0.29) is 11.6 Å². The highest BCUT2D eigenvalue weighted by molar-refractivity contribution is 5.77. The first-order valence-corrected chi connectivity index (χ1v) is 6.41. The average molecular weight is 307 g/mol. The van der Waals surface area contributed by atoms with E-state index in [2.05, 4.69) is 10.1 Å². The third-order valence-corrected chi connectivity index (χ3v) is 3.13. The number of halogens is 4. The third kappa shape index (κ3) is 4.42. The van der Waals surface area contributed by atoms with Crippen molar-refractivity contribution in [2.45, 2.75) is 38.5 Å². The molecule has 0 saturated carbocycles. The van der Waals surface area contributed by atoms with Crippen molar-refractivity contribution < 1.29 is 27.1 Å². The van der Waals surface area contributed by atoms with Crippen LogP contribution in [0.3, 0.4) is 0 Å². The van der Waals surface area contributed by atoms with Gasteiger partial charge in [-0.05, 0) is 31.0 Å². The summed E-state index contributed by atoms with van der Waals surface area (Å²) in [5.74, 6) is -2.10. The molecule has 1 rings (SSSR count). The molecule has 1 N–H and O–H groups in total. The summed E-state index contributed by atoms with van der Waals surface area (Å²) in [6, 6.07) is 1.28. The van der Waals surface area contributed by atoms with Crippen LogP contribution in [0.5, 0.6) is 0 Å². The molecule has 0 amide bonds. The number of hydrogen-bond acceptors (Lipinski definition) is 3. The van der Waals surface area contributed by atoms with Crippen molar-refractivity contribution in [2.24, 2.45) is 0 Å². The first-order valence-electron chi connectivity index (χ1n) is 6.41. The van der Waals surface area contributed by atoms with Gasteiger partial charge in [-0.1, -0.05) is 13.0 Å². The maximum absolute atomic E-state index is 13.3. The quantitative estimate of drug-likeness (QED) is 0.669. The van der Waals surface area contributed by atoms with Gasteiger partial charge < -0.3 is 4.74 Å². The Morgan fingerprint density at radius 2 is 2.00 bits per heavy atom. The number of carbonyl (C=O) groups is 1. The Morgan fingerprint density at radius 3 is 2.48 bits per heavy atom. The molecule has 2 atom stereocenters. The monoisotopic (exact) mass is 307 g/mol. The lowest BCUT2D eigenvalue weighted by Crippen LogP contribution is -2.35. The second-order valence-electron chi connectivity index (χ2n) is 4.67. The van der Waals surface area contributed by atoms with Gasteiger partial charge in [0.2, 0.25) is 0 Å². The summed E-state index contributed by atoms with van der Waals surface area (Å²) in [4.78, 5) is 11.8. The second-order valence-corrected chi connectivity index (χ2v) is 4.67. The van der Waals surface area contributed by atoms with Crippen LogP contribution >= 0.6 is 0 Å². The minimum atomic E-state index is -4.82. The minimum absolute atomic E-state index is 0.0101. The van der Waals surface area contributed by atoms with Crippen molar-refractivity contribution in [3.63, 3.8) is 0 Å². The van der Waals surface area contributed by atoms with Crippen LogP contribution in [-0.4, -0.2) is 19.1 Å². The minimum Gasteiger partial charge on any atom is -0.468 e. The highest BCUT2D eigenvalue weighted by Gasteiger charge is 2.35. The zero-order valence-corrected chi connectivity index (χ0v) is 11.9. The number of hydrogen-bond donors (Lipinski definition) is 1. The van der Waals surface area contributed by atoms with Crippen molar-refractivity contribution in [3.8, 4) is 0 Å². The summed E-state index contributed by atoms with van der Waals surface area (Å²) in [6.45, 7) is 3.64. The molecule has 2 unspecified atom stereocenters. The summed E-state index contributed by atoms with van der Waals surface area (Å²) >= 11 is 0. The molecule has 118 valence electrons. The summed E-state index contributed by atoms with van der Waals surface area (Å²) in [5, 5.41) is 2.87. The predicted octanol–water partition coefficient (Wildman–Crippen LogP) is 3.45. The van der Waals surface area contributed by atoms with Gasteiger partial charge in [-0.25, -0.2) is 9.18 Å². The Morgan fingerprint density at radius 1 is 1.38 bits per heavy atom. The fourth-order valence-electron chi connectivity index (χ4n) is 1.76. The molecule has 0 fully saturated rings. The molecule has 0 saturated heterocycles. The SMILES string of the molecule is CCC(C)NC(C(=O)OC)c1ccc(F)c(C(F)(F)F)c1. The van der Waals surface area contributed by atoms with Crippen LogP contribution in [0.25, 0.3) is 0 Å². The van der Waals surface area contributed by atoms with Crippen LogP contribution in [0.1, 0.15) is 37.4 Å². The molecule has 0 aliphatic rings.